The Morgan fingerprint density at radius 1 is 1.42 bits per heavy atom. The van der Waals surface area contributed by atoms with E-state index < -0.39 is 0 Å². The van der Waals surface area contributed by atoms with Gasteiger partial charge in [-0.2, -0.15) is 4.98 Å². The van der Waals surface area contributed by atoms with E-state index in [0.717, 1.165) is 19.4 Å². The highest BCUT2D eigenvalue weighted by molar-refractivity contribution is 6.32. The number of nitrogens with zero attached hydrogens (tertiary/aromatic N) is 2. The van der Waals surface area contributed by atoms with Gasteiger partial charge in [0, 0.05) is 18.7 Å². The molecule has 1 rings (SSSR count). The van der Waals surface area contributed by atoms with E-state index >= 15 is 0 Å². The predicted molar refractivity (Wildman–Crippen MR) is 79.8 cm³/mol. The van der Waals surface area contributed by atoms with Gasteiger partial charge in [0.15, 0.2) is 5.82 Å². The van der Waals surface area contributed by atoms with Gasteiger partial charge in [-0.3, -0.25) is 0 Å². The summed E-state index contributed by atoms with van der Waals surface area (Å²) in [5, 5.41) is 16.1. The van der Waals surface area contributed by atoms with Crippen LogP contribution in [0.4, 0.5) is 11.8 Å². The Morgan fingerprint density at radius 2 is 2.16 bits per heavy atom. The maximum atomic E-state index is 9.13. The molecule has 1 atom stereocenters. The van der Waals surface area contributed by atoms with Crippen LogP contribution >= 0.6 is 11.6 Å². The van der Waals surface area contributed by atoms with Gasteiger partial charge in [0.05, 0.1) is 6.20 Å². The van der Waals surface area contributed by atoms with Crippen molar-refractivity contribution in [1.29, 1.82) is 0 Å². The van der Waals surface area contributed by atoms with E-state index in [-0.39, 0.29) is 12.1 Å². The lowest BCUT2D eigenvalue weighted by Crippen LogP contribution is -2.35. The van der Waals surface area contributed by atoms with Crippen LogP contribution in [0.25, 0.3) is 0 Å². The van der Waals surface area contributed by atoms with Crippen molar-refractivity contribution in [2.75, 3.05) is 23.8 Å². The number of nitrogens with one attached hydrogen (secondary N) is 2. The Bertz CT molecular complexity index is 402. The first-order chi connectivity index (χ1) is 9.04. The van der Waals surface area contributed by atoms with Gasteiger partial charge in [0.25, 0.3) is 0 Å². The number of halogens is 1. The fourth-order valence-corrected chi connectivity index (χ4v) is 1.78. The SMILES string of the molecule is CCCNc1ncc(Cl)c(NC(C)(CC)CCO)n1. The predicted octanol–water partition coefficient (Wildman–Crippen LogP) is 2.91. The van der Waals surface area contributed by atoms with E-state index in [4.69, 9.17) is 16.7 Å². The van der Waals surface area contributed by atoms with Crippen LogP contribution in [0.1, 0.15) is 40.0 Å². The topological polar surface area (TPSA) is 70.1 Å². The molecule has 0 aliphatic carbocycles. The molecule has 0 spiro atoms. The van der Waals surface area contributed by atoms with Gasteiger partial charge >= 0.3 is 0 Å². The second-order valence-corrected chi connectivity index (χ2v) is 5.24. The van der Waals surface area contributed by atoms with Gasteiger partial charge in [-0.25, -0.2) is 4.98 Å². The molecule has 1 aromatic heterocycles. The molecule has 0 saturated heterocycles. The first-order valence-electron chi connectivity index (χ1n) is 6.70. The third-order valence-corrected chi connectivity index (χ3v) is 3.42. The summed E-state index contributed by atoms with van der Waals surface area (Å²) in [6.45, 7) is 7.13. The van der Waals surface area contributed by atoms with Crippen molar-refractivity contribution in [2.24, 2.45) is 0 Å². The number of anilines is 2. The smallest absolute Gasteiger partial charge is 0.224 e. The lowest BCUT2D eigenvalue weighted by Gasteiger charge is -2.30. The first kappa shape index (κ1) is 16.0. The summed E-state index contributed by atoms with van der Waals surface area (Å²) in [6.07, 6.45) is 4.10. The summed E-state index contributed by atoms with van der Waals surface area (Å²) in [7, 11) is 0. The fraction of sp³-hybridized carbons (Fsp3) is 0.692. The lowest BCUT2D eigenvalue weighted by atomic mass is 9.95. The molecule has 0 radical (unpaired) electrons. The van der Waals surface area contributed by atoms with Gasteiger partial charge in [-0.05, 0) is 26.2 Å². The van der Waals surface area contributed by atoms with Crippen LogP contribution in [-0.4, -0.2) is 33.8 Å². The summed E-state index contributed by atoms with van der Waals surface area (Å²) in [5.41, 5.74) is -0.227. The van der Waals surface area contributed by atoms with E-state index in [9.17, 15) is 0 Å². The molecule has 108 valence electrons. The van der Waals surface area contributed by atoms with Crippen LogP contribution < -0.4 is 10.6 Å². The number of aliphatic hydroxyl groups excluding tert-OH is 1. The largest absolute Gasteiger partial charge is 0.396 e. The first-order valence-corrected chi connectivity index (χ1v) is 7.08. The van der Waals surface area contributed by atoms with E-state index in [1.807, 2.05) is 6.92 Å². The summed E-state index contributed by atoms with van der Waals surface area (Å²) in [6, 6.07) is 0. The van der Waals surface area contributed by atoms with Gasteiger partial charge in [-0.15, -0.1) is 0 Å². The Kier molecular flexibility index (Phi) is 6.31. The average Bonchev–Trinajstić information content (AvgIpc) is 2.40. The zero-order valence-corrected chi connectivity index (χ0v) is 12.6. The van der Waals surface area contributed by atoms with Gasteiger partial charge in [0.2, 0.25) is 5.95 Å². The molecule has 6 heteroatoms. The Hall–Kier alpha value is -1.07. The highest BCUT2D eigenvalue weighted by Gasteiger charge is 2.23. The zero-order valence-electron chi connectivity index (χ0n) is 11.8. The van der Waals surface area contributed by atoms with Crippen LogP contribution in [0.3, 0.4) is 0 Å². The Labute approximate surface area is 119 Å². The molecule has 0 bridgehead atoms. The molecular formula is C13H23ClN4O. The summed E-state index contributed by atoms with van der Waals surface area (Å²) >= 11 is 6.12. The maximum absolute atomic E-state index is 9.13. The van der Waals surface area contributed by atoms with E-state index in [0.29, 0.717) is 23.2 Å². The highest BCUT2D eigenvalue weighted by atomic mass is 35.5. The van der Waals surface area contributed by atoms with E-state index in [2.05, 4.69) is 34.4 Å². The second kappa shape index (κ2) is 7.50. The number of rotatable bonds is 8. The molecule has 0 aliphatic rings. The molecule has 0 fully saturated rings. The van der Waals surface area contributed by atoms with Crippen LogP contribution in [0.2, 0.25) is 5.02 Å². The van der Waals surface area contributed by atoms with Crippen LogP contribution in [0, 0.1) is 0 Å². The van der Waals surface area contributed by atoms with Crippen molar-refractivity contribution in [3.05, 3.63) is 11.2 Å². The zero-order chi connectivity index (χ0) is 14.3. The molecule has 1 heterocycles. The minimum atomic E-state index is -0.227. The number of aliphatic hydroxyl groups is 1. The Morgan fingerprint density at radius 3 is 2.74 bits per heavy atom. The van der Waals surface area contributed by atoms with Gasteiger partial charge in [0.1, 0.15) is 5.02 Å². The summed E-state index contributed by atoms with van der Waals surface area (Å²) < 4.78 is 0. The van der Waals surface area contributed by atoms with Crippen molar-refractivity contribution in [1.82, 2.24) is 9.97 Å². The van der Waals surface area contributed by atoms with Crippen molar-refractivity contribution in [3.63, 3.8) is 0 Å². The summed E-state index contributed by atoms with van der Waals surface area (Å²) in [4.78, 5) is 8.51. The quantitative estimate of drug-likeness (QED) is 0.685. The van der Waals surface area contributed by atoms with Crippen molar-refractivity contribution < 1.29 is 5.11 Å². The van der Waals surface area contributed by atoms with Crippen molar-refractivity contribution in [2.45, 2.75) is 45.6 Å². The molecule has 0 amide bonds. The molecule has 3 N–H and O–H groups in total. The Balaban J connectivity index is 2.86. The van der Waals surface area contributed by atoms with Crippen LogP contribution in [0.5, 0.6) is 0 Å². The van der Waals surface area contributed by atoms with Gasteiger partial charge < -0.3 is 15.7 Å². The minimum absolute atomic E-state index is 0.126. The molecule has 0 aliphatic heterocycles. The third-order valence-electron chi connectivity index (χ3n) is 3.14. The van der Waals surface area contributed by atoms with Gasteiger partial charge in [-0.1, -0.05) is 25.4 Å². The number of aromatic nitrogens is 2. The third kappa shape index (κ3) is 4.84. The number of hydrogen-bond acceptors (Lipinski definition) is 5. The molecule has 0 saturated carbocycles. The average molecular weight is 287 g/mol. The van der Waals surface area contributed by atoms with Crippen LogP contribution in [-0.2, 0) is 0 Å². The fourth-order valence-electron chi connectivity index (χ4n) is 1.64. The molecule has 1 aromatic rings. The number of hydrogen-bond donors (Lipinski definition) is 3. The highest BCUT2D eigenvalue weighted by Crippen LogP contribution is 2.26. The molecule has 0 aromatic carbocycles. The molecule has 1 unspecified atom stereocenters. The summed E-state index contributed by atoms with van der Waals surface area (Å²) in [5.74, 6) is 1.17. The molecular weight excluding hydrogens is 264 g/mol. The van der Waals surface area contributed by atoms with Crippen molar-refractivity contribution >= 4 is 23.4 Å². The standard InChI is InChI=1S/C13H23ClN4O/c1-4-7-15-12-16-9-10(14)11(17-12)18-13(3,5-2)6-8-19/h9,19H,4-8H2,1-3H3,(H2,15,16,17,18). The maximum Gasteiger partial charge on any atom is 0.224 e. The normalized spacial score (nSPS) is 13.9. The van der Waals surface area contributed by atoms with E-state index in [1.54, 1.807) is 6.20 Å². The van der Waals surface area contributed by atoms with Crippen LogP contribution in [0.15, 0.2) is 6.20 Å². The van der Waals surface area contributed by atoms with E-state index in [1.165, 1.54) is 0 Å². The molecule has 19 heavy (non-hydrogen) atoms. The monoisotopic (exact) mass is 286 g/mol. The second-order valence-electron chi connectivity index (χ2n) is 4.83. The molecule has 5 nitrogen and oxygen atoms in total. The lowest BCUT2D eigenvalue weighted by molar-refractivity contribution is 0.252. The minimum Gasteiger partial charge on any atom is -0.396 e. The van der Waals surface area contributed by atoms with Crippen molar-refractivity contribution in [3.8, 4) is 0 Å².